The van der Waals surface area contributed by atoms with E-state index in [1.807, 2.05) is 13.0 Å². The Morgan fingerprint density at radius 1 is 1.11 bits per heavy atom. The smallest absolute Gasteiger partial charge is 0.264 e. The number of benzene rings is 2. The van der Waals surface area contributed by atoms with Crippen molar-refractivity contribution in [3.05, 3.63) is 70.0 Å². The molecule has 0 bridgehead atoms. The average molecular weight is 512 g/mol. The molecule has 0 saturated carbocycles. The molecule has 1 N–H and O–H groups in total. The minimum Gasteiger partial charge on any atom is -0.360 e. The molecule has 2 aliphatic rings. The summed E-state index contributed by atoms with van der Waals surface area (Å²) in [5.74, 6) is -1.02. The number of ether oxygens (including phenoxy) is 2. The largest absolute Gasteiger partial charge is 0.360 e. The second-order valence-electron chi connectivity index (χ2n) is 9.15. The normalized spacial score (nSPS) is 17.6. The molecule has 5 rings (SSSR count). The summed E-state index contributed by atoms with van der Waals surface area (Å²) in [7, 11) is -3.94. The molecule has 1 amide bonds. The van der Waals surface area contributed by atoms with Gasteiger partial charge in [0.15, 0.2) is 5.79 Å². The molecule has 9 nitrogen and oxygen atoms in total. The van der Waals surface area contributed by atoms with Crippen LogP contribution in [-0.2, 0) is 19.5 Å². The maximum atomic E-state index is 13.5. The molecule has 2 aromatic carbocycles. The molecule has 3 heterocycles. The number of anilines is 1. The summed E-state index contributed by atoms with van der Waals surface area (Å²) in [4.78, 5) is 31.2. The summed E-state index contributed by atoms with van der Waals surface area (Å²) in [5, 5.41) is 0.151. The summed E-state index contributed by atoms with van der Waals surface area (Å²) in [5.41, 5.74) is 1.42. The topological polar surface area (TPSA) is 109 Å². The van der Waals surface area contributed by atoms with Gasteiger partial charge >= 0.3 is 0 Å². The number of carbonyl (C=O) groups is 1. The fourth-order valence-electron chi connectivity index (χ4n) is 4.93. The number of amides is 1. The zero-order valence-corrected chi connectivity index (χ0v) is 21.1. The zero-order valence-electron chi connectivity index (χ0n) is 20.3. The van der Waals surface area contributed by atoms with E-state index in [0.29, 0.717) is 50.3 Å². The van der Waals surface area contributed by atoms with E-state index in [-0.39, 0.29) is 22.4 Å². The molecule has 0 atom stereocenters. The van der Waals surface area contributed by atoms with Gasteiger partial charge in [-0.25, -0.2) is 8.42 Å². The van der Waals surface area contributed by atoms with Gasteiger partial charge in [-0.3, -0.25) is 13.9 Å². The van der Waals surface area contributed by atoms with Crippen LogP contribution in [-0.4, -0.2) is 62.8 Å². The van der Waals surface area contributed by atoms with E-state index in [1.165, 1.54) is 22.6 Å². The molecule has 2 saturated heterocycles. The number of aromatic nitrogens is 1. The van der Waals surface area contributed by atoms with E-state index in [2.05, 4.69) is 4.98 Å². The van der Waals surface area contributed by atoms with Gasteiger partial charge in [-0.15, -0.1) is 0 Å². The molecular weight excluding hydrogens is 482 g/mol. The summed E-state index contributed by atoms with van der Waals surface area (Å²) in [6.07, 6.45) is 2.48. The average Bonchev–Trinajstić information content (AvgIpc) is 3.32. The molecule has 0 unspecified atom stereocenters. The molecule has 2 aliphatic heterocycles. The first kappa shape index (κ1) is 24.5. The fraction of sp³-hybridized carbons (Fsp3) is 0.385. The zero-order chi connectivity index (χ0) is 25.5. The molecule has 2 fully saturated rings. The van der Waals surface area contributed by atoms with Crippen LogP contribution in [0.25, 0.3) is 10.9 Å². The Hall–Kier alpha value is -3.21. The van der Waals surface area contributed by atoms with Crippen molar-refractivity contribution in [2.45, 2.75) is 37.4 Å². The van der Waals surface area contributed by atoms with Gasteiger partial charge in [0.2, 0.25) is 5.43 Å². The molecular formula is C26H29N3O6S. The Bertz CT molecular complexity index is 1470. The Kier molecular flexibility index (Phi) is 6.36. The third-order valence-corrected chi connectivity index (χ3v) is 8.77. The van der Waals surface area contributed by atoms with Crippen LogP contribution >= 0.6 is 0 Å². The summed E-state index contributed by atoms with van der Waals surface area (Å²) in [6.45, 7) is 5.79. The van der Waals surface area contributed by atoms with Crippen LogP contribution in [0.3, 0.4) is 0 Å². The quantitative estimate of drug-likeness (QED) is 0.564. The lowest BCUT2D eigenvalue weighted by atomic mass is 10.0. The molecule has 3 aromatic rings. The van der Waals surface area contributed by atoms with Crippen molar-refractivity contribution in [1.29, 1.82) is 0 Å². The number of H-pyrrole nitrogens is 1. The number of rotatable bonds is 5. The van der Waals surface area contributed by atoms with Gasteiger partial charge < -0.3 is 19.4 Å². The van der Waals surface area contributed by atoms with Crippen LogP contribution in [0.2, 0.25) is 0 Å². The standard InChI is InChI=1S/C26H29N3O6S/c1-3-29(19-6-4-5-18(2)15-19)36(32,33)20-7-8-23-21(16-20)24(30)22(17-27-23)25(31)28-11-9-26(10-12-28)34-13-14-35-26/h4-8,15-17H,3,9-14H2,1-2H3,(H,27,30). The van der Waals surface area contributed by atoms with Crippen molar-refractivity contribution in [2.75, 3.05) is 37.2 Å². The summed E-state index contributed by atoms with van der Waals surface area (Å²) < 4.78 is 39.8. The number of hydrogen-bond donors (Lipinski definition) is 1. The molecule has 1 aromatic heterocycles. The summed E-state index contributed by atoms with van der Waals surface area (Å²) in [6, 6.07) is 11.6. The van der Waals surface area contributed by atoms with Crippen LogP contribution < -0.4 is 9.73 Å². The van der Waals surface area contributed by atoms with Gasteiger partial charge in [0.25, 0.3) is 15.9 Å². The van der Waals surface area contributed by atoms with Gasteiger partial charge in [-0.05, 0) is 49.7 Å². The lowest BCUT2D eigenvalue weighted by Gasteiger charge is -2.37. The van der Waals surface area contributed by atoms with Crippen molar-refractivity contribution in [3.63, 3.8) is 0 Å². The van der Waals surface area contributed by atoms with Crippen LogP contribution in [0.4, 0.5) is 5.69 Å². The highest BCUT2D eigenvalue weighted by Crippen LogP contribution is 2.32. The van der Waals surface area contributed by atoms with Gasteiger partial charge in [-0.1, -0.05) is 12.1 Å². The molecule has 0 radical (unpaired) electrons. The van der Waals surface area contributed by atoms with Gasteiger partial charge in [0.05, 0.1) is 23.8 Å². The first-order valence-electron chi connectivity index (χ1n) is 12.1. The number of fused-ring (bicyclic) bond motifs is 1. The minimum absolute atomic E-state index is 0.0103. The molecule has 1 spiro atoms. The number of aryl methyl sites for hydroxylation is 1. The molecule has 190 valence electrons. The van der Waals surface area contributed by atoms with E-state index in [4.69, 9.17) is 9.47 Å². The van der Waals surface area contributed by atoms with Gasteiger partial charge in [0, 0.05) is 49.6 Å². The number of pyridine rings is 1. The van der Waals surface area contributed by atoms with Crippen molar-refractivity contribution in [1.82, 2.24) is 9.88 Å². The number of nitrogens with zero attached hydrogens (tertiary/aromatic N) is 2. The van der Waals surface area contributed by atoms with E-state index >= 15 is 0 Å². The molecule has 10 heteroatoms. The predicted octanol–water partition coefficient (Wildman–Crippen LogP) is 3.03. The molecule has 0 aliphatic carbocycles. The third-order valence-electron chi connectivity index (χ3n) is 6.87. The van der Waals surface area contributed by atoms with Crippen LogP contribution in [0.5, 0.6) is 0 Å². The number of aromatic amines is 1. The van der Waals surface area contributed by atoms with E-state index in [1.54, 1.807) is 36.1 Å². The number of sulfonamides is 1. The summed E-state index contributed by atoms with van der Waals surface area (Å²) >= 11 is 0. The Labute approximate surface area is 209 Å². The first-order valence-corrected chi connectivity index (χ1v) is 13.5. The Morgan fingerprint density at radius 2 is 1.83 bits per heavy atom. The lowest BCUT2D eigenvalue weighted by molar-refractivity contribution is -0.181. The predicted molar refractivity (Wildman–Crippen MR) is 136 cm³/mol. The van der Waals surface area contributed by atoms with E-state index in [0.717, 1.165) is 5.56 Å². The number of piperidine rings is 1. The second kappa shape index (κ2) is 9.34. The van der Waals surface area contributed by atoms with E-state index < -0.39 is 27.1 Å². The molecule has 36 heavy (non-hydrogen) atoms. The number of hydrogen-bond acceptors (Lipinski definition) is 6. The number of nitrogens with one attached hydrogen (secondary N) is 1. The van der Waals surface area contributed by atoms with E-state index in [9.17, 15) is 18.0 Å². The first-order chi connectivity index (χ1) is 17.2. The van der Waals surface area contributed by atoms with Gasteiger partial charge in [0.1, 0.15) is 5.56 Å². The Morgan fingerprint density at radius 3 is 2.50 bits per heavy atom. The van der Waals surface area contributed by atoms with Gasteiger partial charge in [-0.2, -0.15) is 0 Å². The van der Waals surface area contributed by atoms with Crippen molar-refractivity contribution in [2.24, 2.45) is 0 Å². The maximum absolute atomic E-state index is 13.5. The number of likely N-dealkylation sites (tertiary alicyclic amines) is 1. The second-order valence-corrected chi connectivity index (χ2v) is 11.0. The fourth-order valence-corrected chi connectivity index (χ4v) is 6.42. The van der Waals surface area contributed by atoms with Crippen LogP contribution in [0, 0.1) is 6.92 Å². The third kappa shape index (κ3) is 4.29. The minimum atomic E-state index is -3.94. The lowest BCUT2D eigenvalue weighted by Crippen LogP contribution is -2.48. The van der Waals surface area contributed by atoms with Crippen LogP contribution in [0.15, 0.2) is 58.4 Å². The highest BCUT2D eigenvalue weighted by molar-refractivity contribution is 7.92. The Balaban J connectivity index is 1.46. The monoisotopic (exact) mass is 511 g/mol. The van der Waals surface area contributed by atoms with Crippen LogP contribution in [0.1, 0.15) is 35.7 Å². The highest BCUT2D eigenvalue weighted by Gasteiger charge is 2.41. The SMILES string of the molecule is CCN(c1cccc(C)c1)S(=O)(=O)c1ccc2[nH]cc(C(=O)N3CCC4(CC3)OCCO4)c(=O)c2c1. The number of carbonyl (C=O) groups excluding carboxylic acids is 1. The van der Waals surface area contributed by atoms with Crippen molar-refractivity contribution >= 4 is 32.5 Å². The van der Waals surface area contributed by atoms with Crippen molar-refractivity contribution < 1.29 is 22.7 Å². The maximum Gasteiger partial charge on any atom is 0.264 e. The van der Waals surface area contributed by atoms with Crippen molar-refractivity contribution in [3.8, 4) is 0 Å². The highest BCUT2D eigenvalue weighted by atomic mass is 32.2.